The summed E-state index contributed by atoms with van der Waals surface area (Å²) in [5.41, 5.74) is 0. The summed E-state index contributed by atoms with van der Waals surface area (Å²) in [6.45, 7) is 0.663. The molecular formula is C7H12F3NO2. The monoisotopic (exact) mass is 199 g/mol. The summed E-state index contributed by atoms with van der Waals surface area (Å²) in [6.07, 6.45) is -4.06. The molecule has 0 aliphatic carbocycles. The Morgan fingerprint density at radius 3 is 2.54 bits per heavy atom. The average Bonchev–Trinajstić information content (AvgIpc) is 1.90. The fourth-order valence-corrected chi connectivity index (χ4v) is 0.838. The van der Waals surface area contributed by atoms with Crippen LogP contribution in [0.1, 0.15) is 0 Å². The molecule has 13 heavy (non-hydrogen) atoms. The maximum atomic E-state index is 11.6. The lowest BCUT2D eigenvalue weighted by Gasteiger charge is -2.25. The van der Waals surface area contributed by atoms with Gasteiger partial charge in [-0.25, -0.2) is 0 Å². The van der Waals surface area contributed by atoms with Gasteiger partial charge in [0, 0.05) is 6.54 Å². The van der Waals surface area contributed by atoms with Gasteiger partial charge in [-0.3, -0.25) is 0 Å². The number of ether oxygens (including phenoxy) is 2. The van der Waals surface area contributed by atoms with E-state index >= 15 is 0 Å². The van der Waals surface area contributed by atoms with E-state index in [-0.39, 0.29) is 12.6 Å². The molecule has 0 aromatic heterocycles. The third-order valence-corrected chi connectivity index (χ3v) is 1.57. The molecule has 0 amide bonds. The van der Waals surface area contributed by atoms with Crippen LogP contribution in [0.4, 0.5) is 13.2 Å². The lowest BCUT2D eigenvalue weighted by molar-refractivity contribution is -0.135. The van der Waals surface area contributed by atoms with E-state index in [1.165, 1.54) is 0 Å². The fourth-order valence-electron chi connectivity index (χ4n) is 0.838. The molecule has 1 rings (SSSR count). The lowest BCUT2D eigenvalue weighted by Crippen LogP contribution is -2.38. The van der Waals surface area contributed by atoms with Crippen molar-refractivity contribution in [2.45, 2.75) is 12.3 Å². The molecule has 1 saturated heterocycles. The van der Waals surface area contributed by atoms with Gasteiger partial charge in [-0.15, -0.1) is 0 Å². The average molecular weight is 199 g/mol. The first-order chi connectivity index (χ1) is 6.08. The SMILES string of the molecule is FC(F)(F)CNCCOC1COC1. The minimum Gasteiger partial charge on any atom is -0.376 e. The summed E-state index contributed by atoms with van der Waals surface area (Å²) in [5.74, 6) is 0. The second kappa shape index (κ2) is 4.78. The van der Waals surface area contributed by atoms with Crippen LogP contribution in [0.3, 0.4) is 0 Å². The van der Waals surface area contributed by atoms with Crippen LogP contribution in [-0.2, 0) is 9.47 Å². The molecular weight excluding hydrogens is 187 g/mol. The molecule has 0 aromatic rings. The van der Waals surface area contributed by atoms with Gasteiger partial charge in [-0.1, -0.05) is 0 Å². The highest BCUT2D eigenvalue weighted by molar-refractivity contribution is 4.64. The van der Waals surface area contributed by atoms with Crippen molar-refractivity contribution >= 4 is 0 Å². The molecule has 1 heterocycles. The van der Waals surface area contributed by atoms with Crippen LogP contribution in [0.5, 0.6) is 0 Å². The third-order valence-electron chi connectivity index (χ3n) is 1.57. The number of rotatable bonds is 5. The number of alkyl halides is 3. The van der Waals surface area contributed by atoms with E-state index in [1.54, 1.807) is 0 Å². The Kier molecular flexibility index (Phi) is 3.95. The third kappa shape index (κ3) is 5.07. The van der Waals surface area contributed by atoms with E-state index < -0.39 is 12.7 Å². The van der Waals surface area contributed by atoms with Gasteiger partial charge in [0.25, 0.3) is 0 Å². The molecule has 0 saturated carbocycles. The molecule has 1 aliphatic heterocycles. The Labute approximate surface area is 74.2 Å². The number of hydrogen-bond donors (Lipinski definition) is 1. The predicted octanol–water partition coefficient (Wildman–Crippen LogP) is 0.554. The highest BCUT2D eigenvalue weighted by Gasteiger charge is 2.26. The van der Waals surface area contributed by atoms with Crippen molar-refractivity contribution in [3.8, 4) is 0 Å². The Morgan fingerprint density at radius 2 is 2.08 bits per heavy atom. The van der Waals surface area contributed by atoms with E-state index in [9.17, 15) is 13.2 Å². The molecule has 0 aromatic carbocycles. The summed E-state index contributed by atoms with van der Waals surface area (Å²) in [5, 5.41) is 2.24. The molecule has 1 aliphatic rings. The first kappa shape index (κ1) is 10.7. The van der Waals surface area contributed by atoms with E-state index in [1.807, 2.05) is 0 Å². The van der Waals surface area contributed by atoms with E-state index in [2.05, 4.69) is 5.32 Å². The van der Waals surface area contributed by atoms with Crippen LogP contribution in [0.15, 0.2) is 0 Å². The summed E-state index contributed by atoms with van der Waals surface area (Å²) in [4.78, 5) is 0. The normalized spacial score (nSPS) is 18.7. The molecule has 0 unspecified atom stereocenters. The van der Waals surface area contributed by atoms with Crippen molar-refractivity contribution in [2.24, 2.45) is 0 Å². The van der Waals surface area contributed by atoms with E-state index in [0.29, 0.717) is 19.8 Å². The zero-order valence-corrected chi connectivity index (χ0v) is 7.06. The van der Waals surface area contributed by atoms with Crippen molar-refractivity contribution < 1.29 is 22.6 Å². The smallest absolute Gasteiger partial charge is 0.376 e. The minimum absolute atomic E-state index is 0.0766. The maximum Gasteiger partial charge on any atom is 0.401 e. The number of halogens is 3. The molecule has 0 radical (unpaired) electrons. The number of nitrogens with one attached hydrogen (secondary N) is 1. The van der Waals surface area contributed by atoms with Crippen LogP contribution >= 0.6 is 0 Å². The first-order valence-electron chi connectivity index (χ1n) is 4.05. The van der Waals surface area contributed by atoms with Gasteiger partial charge < -0.3 is 14.8 Å². The maximum absolute atomic E-state index is 11.6. The highest BCUT2D eigenvalue weighted by Crippen LogP contribution is 2.11. The Bertz CT molecular complexity index is 147. The molecule has 6 heteroatoms. The molecule has 0 bridgehead atoms. The second-order valence-electron chi connectivity index (χ2n) is 2.82. The van der Waals surface area contributed by atoms with Crippen molar-refractivity contribution in [1.29, 1.82) is 0 Å². The molecule has 78 valence electrons. The van der Waals surface area contributed by atoms with Gasteiger partial charge in [0.1, 0.15) is 6.10 Å². The quantitative estimate of drug-likeness (QED) is 0.656. The van der Waals surface area contributed by atoms with Crippen LogP contribution in [0.2, 0.25) is 0 Å². The minimum atomic E-state index is -4.14. The topological polar surface area (TPSA) is 30.5 Å². The Balaban J connectivity index is 1.83. The van der Waals surface area contributed by atoms with Gasteiger partial charge in [0.15, 0.2) is 0 Å². The molecule has 3 nitrogen and oxygen atoms in total. The van der Waals surface area contributed by atoms with Crippen LogP contribution in [0.25, 0.3) is 0 Å². The molecule has 1 fully saturated rings. The summed E-state index contributed by atoms with van der Waals surface area (Å²) in [6, 6.07) is 0. The standard InChI is InChI=1S/C7H12F3NO2/c8-7(9,10)5-11-1-2-13-6-3-12-4-6/h6,11H,1-5H2. The zero-order chi connectivity index (χ0) is 9.73. The van der Waals surface area contributed by atoms with Gasteiger partial charge in [0.05, 0.1) is 26.4 Å². The van der Waals surface area contributed by atoms with Gasteiger partial charge in [-0.05, 0) is 0 Å². The van der Waals surface area contributed by atoms with Crippen LogP contribution in [-0.4, -0.2) is 45.2 Å². The fraction of sp³-hybridized carbons (Fsp3) is 1.00. The van der Waals surface area contributed by atoms with Crippen LogP contribution < -0.4 is 5.32 Å². The van der Waals surface area contributed by atoms with Crippen molar-refractivity contribution in [3.05, 3.63) is 0 Å². The highest BCUT2D eigenvalue weighted by atomic mass is 19.4. The van der Waals surface area contributed by atoms with Crippen molar-refractivity contribution in [1.82, 2.24) is 5.32 Å². The van der Waals surface area contributed by atoms with Crippen molar-refractivity contribution in [3.63, 3.8) is 0 Å². The van der Waals surface area contributed by atoms with E-state index in [0.717, 1.165) is 0 Å². The zero-order valence-electron chi connectivity index (χ0n) is 7.06. The largest absolute Gasteiger partial charge is 0.401 e. The van der Waals surface area contributed by atoms with Gasteiger partial charge in [-0.2, -0.15) is 13.2 Å². The number of hydrogen-bond acceptors (Lipinski definition) is 3. The summed E-state index contributed by atoms with van der Waals surface area (Å²) >= 11 is 0. The summed E-state index contributed by atoms with van der Waals surface area (Å²) in [7, 11) is 0. The van der Waals surface area contributed by atoms with Gasteiger partial charge >= 0.3 is 6.18 Å². The predicted molar refractivity (Wildman–Crippen MR) is 39.5 cm³/mol. The molecule has 1 N–H and O–H groups in total. The first-order valence-corrected chi connectivity index (χ1v) is 4.05. The molecule has 0 spiro atoms. The summed E-state index contributed by atoms with van der Waals surface area (Å²) < 4.78 is 44.7. The van der Waals surface area contributed by atoms with Crippen molar-refractivity contribution in [2.75, 3.05) is 32.9 Å². The van der Waals surface area contributed by atoms with E-state index in [4.69, 9.17) is 9.47 Å². The Hall–Kier alpha value is -0.330. The Morgan fingerprint density at radius 1 is 1.38 bits per heavy atom. The molecule has 0 atom stereocenters. The lowest BCUT2D eigenvalue weighted by atomic mass is 10.3. The van der Waals surface area contributed by atoms with Gasteiger partial charge in [0.2, 0.25) is 0 Å². The second-order valence-corrected chi connectivity index (χ2v) is 2.82. The van der Waals surface area contributed by atoms with Crippen LogP contribution in [0, 0.1) is 0 Å².